The highest BCUT2D eigenvalue weighted by Crippen LogP contribution is 1.88. The Balaban J connectivity index is 2.80. The van der Waals surface area contributed by atoms with Gasteiger partial charge < -0.3 is 0 Å². The van der Waals surface area contributed by atoms with E-state index in [0.29, 0.717) is 12.1 Å². The Bertz CT molecular complexity index is 187. The molecule has 0 spiro atoms. The van der Waals surface area contributed by atoms with E-state index in [4.69, 9.17) is 0 Å². The zero-order chi connectivity index (χ0) is 5.82. The molecule has 3 heteroatoms. The van der Waals surface area contributed by atoms with Gasteiger partial charge in [0.1, 0.15) is 12.3 Å². The van der Waals surface area contributed by atoms with Gasteiger partial charge in [-0.1, -0.05) is 0 Å². The number of aliphatic imine (C=N–C) groups is 2. The molecule has 0 saturated heterocycles. The fourth-order valence-corrected chi connectivity index (χ4v) is 0.409. The molecule has 0 aromatic rings. The minimum Gasteiger partial charge on any atom is -0.268 e. The molecule has 0 aromatic heterocycles. The topological polar surface area (TPSA) is 41.8 Å². The zero-order valence-electron chi connectivity index (χ0n) is 4.16. The molecule has 0 saturated carbocycles. The first-order chi connectivity index (χ1) is 3.93. The van der Waals surface area contributed by atoms with Crippen LogP contribution in [0.2, 0.25) is 0 Å². The maximum atomic E-state index is 9.83. The Morgan fingerprint density at radius 1 is 1.75 bits per heavy atom. The van der Waals surface area contributed by atoms with Crippen LogP contribution in [-0.2, 0) is 4.79 Å². The molecule has 0 atom stereocenters. The average Bonchev–Trinajstić information content (AvgIpc) is 1.90. The van der Waals surface area contributed by atoms with Crippen molar-refractivity contribution < 1.29 is 4.79 Å². The average molecular weight is 108 g/mol. The number of nitrogens with zero attached hydrogens (tertiary/aromatic N) is 2. The smallest absolute Gasteiger partial charge is 0.131 e. The first kappa shape index (κ1) is 4.94. The quantitative estimate of drug-likeness (QED) is 0.398. The second kappa shape index (κ2) is 2.19. The number of carbonyl (C=O) groups excluding carboxylic acids is 1. The summed E-state index contributed by atoms with van der Waals surface area (Å²) in [4.78, 5) is 17.2. The number of hydrogen-bond donors (Lipinski definition) is 0. The summed E-state index contributed by atoms with van der Waals surface area (Å²) in [6, 6.07) is 0. The molecule has 0 radical (unpaired) electrons. The van der Waals surface area contributed by atoms with Crippen molar-refractivity contribution in [2.75, 3.05) is 6.54 Å². The van der Waals surface area contributed by atoms with Crippen molar-refractivity contribution in [3.63, 3.8) is 0 Å². The van der Waals surface area contributed by atoms with Crippen LogP contribution >= 0.6 is 0 Å². The van der Waals surface area contributed by atoms with E-state index in [-0.39, 0.29) is 0 Å². The minimum absolute atomic E-state index is 0.424. The number of rotatable bonds is 0. The van der Waals surface area contributed by atoms with Crippen molar-refractivity contribution in [1.82, 2.24) is 0 Å². The first-order valence-corrected chi connectivity index (χ1v) is 2.19. The molecule has 0 aromatic carbocycles. The maximum Gasteiger partial charge on any atom is 0.131 e. The van der Waals surface area contributed by atoms with Crippen LogP contribution in [0, 0.1) is 0 Å². The fraction of sp³-hybridized carbons (Fsp3) is 0.200. The third-order valence-corrected chi connectivity index (χ3v) is 0.771. The molecule has 1 aliphatic heterocycles. The van der Waals surface area contributed by atoms with Crippen LogP contribution in [0.25, 0.3) is 0 Å². The van der Waals surface area contributed by atoms with E-state index in [1.54, 1.807) is 5.94 Å². The summed E-state index contributed by atoms with van der Waals surface area (Å²) < 4.78 is 0. The summed E-state index contributed by atoms with van der Waals surface area (Å²) in [5.41, 5.74) is 0.507. The van der Waals surface area contributed by atoms with E-state index < -0.39 is 0 Å². The molecule has 8 heavy (non-hydrogen) atoms. The van der Waals surface area contributed by atoms with Crippen molar-refractivity contribution >= 4 is 18.5 Å². The van der Waals surface area contributed by atoms with Crippen LogP contribution in [0.4, 0.5) is 0 Å². The molecule has 1 heterocycles. The highest BCUT2D eigenvalue weighted by Gasteiger charge is 1.92. The summed E-state index contributed by atoms with van der Waals surface area (Å²) in [6.07, 6.45) is 2.88. The molecule has 1 rings (SSSR count). The molecule has 0 amide bonds. The Morgan fingerprint density at radius 2 is 2.62 bits per heavy atom. The van der Waals surface area contributed by atoms with Crippen LogP contribution in [0.1, 0.15) is 0 Å². The van der Waals surface area contributed by atoms with Crippen LogP contribution < -0.4 is 0 Å². The number of hydrogen-bond acceptors (Lipinski definition) is 3. The van der Waals surface area contributed by atoms with Crippen molar-refractivity contribution in [3.8, 4) is 0 Å². The molecule has 3 nitrogen and oxygen atoms in total. The van der Waals surface area contributed by atoms with Gasteiger partial charge in [-0.05, 0) is 0 Å². The van der Waals surface area contributed by atoms with Gasteiger partial charge in [-0.15, -0.1) is 0 Å². The predicted molar refractivity (Wildman–Crippen MR) is 31.1 cm³/mol. The monoisotopic (exact) mass is 108 g/mol. The summed E-state index contributed by atoms with van der Waals surface area (Å²) in [5.74, 6) is 1.71. The van der Waals surface area contributed by atoms with Gasteiger partial charge in [0.2, 0.25) is 0 Å². The Morgan fingerprint density at radius 3 is 3.00 bits per heavy atom. The van der Waals surface area contributed by atoms with Crippen LogP contribution in [-0.4, -0.2) is 25.0 Å². The summed E-state index contributed by atoms with van der Waals surface area (Å²) in [7, 11) is 0. The largest absolute Gasteiger partial charge is 0.268 e. The summed E-state index contributed by atoms with van der Waals surface area (Å²) in [6.45, 7) is 0.424. The Kier molecular flexibility index (Phi) is 1.35. The van der Waals surface area contributed by atoms with Crippen molar-refractivity contribution in [2.24, 2.45) is 9.98 Å². The van der Waals surface area contributed by atoms with Crippen LogP contribution in [0.15, 0.2) is 15.6 Å². The summed E-state index contributed by atoms with van der Waals surface area (Å²) >= 11 is 0. The third kappa shape index (κ3) is 0.891. The Labute approximate surface area is 46.5 Å². The van der Waals surface area contributed by atoms with E-state index in [1.807, 2.05) is 0 Å². The molecular formula is C5H4N2O. The molecule has 0 aliphatic carbocycles. The molecule has 0 fully saturated rings. The lowest BCUT2D eigenvalue weighted by molar-refractivity contribution is 0.567. The highest BCUT2D eigenvalue weighted by molar-refractivity contribution is 5.95. The molecule has 0 bridgehead atoms. The first-order valence-electron chi connectivity index (χ1n) is 2.19. The molecule has 0 N–H and O–H groups in total. The van der Waals surface area contributed by atoms with Gasteiger partial charge in [-0.2, -0.15) is 0 Å². The Hall–Kier alpha value is -1.21. The fourth-order valence-electron chi connectivity index (χ4n) is 0.409. The normalized spacial score (nSPS) is 16.2. The third-order valence-electron chi connectivity index (χ3n) is 0.771. The van der Waals surface area contributed by atoms with E-state index in [9.17, 15) is 4.79 Å². The van der Waals surface area contributed by atoms with Crippen molar-refractivity contribution in [2.45, 2.75) is 0 Å². The molecule has 0 unspecified atom stereocenters. The lowest BCUT2D eigenvalue weighted by Crippen LogP contribution is -1.96. The maximum absolute atomic E-state index is 9.83. The molecule has 40 valence electrons. The van der Waals surface area contributed by atoms with Crippen molar-refractivity contribution in [3.05, 3.63) is 5.57 Å². The SMILES string of the molecule is O=C=C1C=NC=NC1. The van der Waals surface area contributed by atoms with Crippen molar-refractivity contribution in [1.29, 1.82) is 0 Å². The summed E-state index contributed by atoms with van der Waals surface area (Å²) in [5, 5.41) is 0. The van der Waals surface area contributed by atoms with E-state index in [2.05, 4.69) is 9.98 Å². The van der Waals surface area contributed by atoms with E-state index in [1.165, 1.54) is 12.6 Å². The lowest BCUT2D eigenvalue weighted by atomic mass is 10.3. The minimum atomic E-state index is 0.424. The predicted octanol–water partition coefficient (Wildman–Crippen LogP) is -0.143. The van der Waals surface area contributed by atoms with Gasteiger partial charge in [0.25, 0.3) is 0 Å². The van der Waals surface area contributed by atoms with Crippen LogP contribution in [0.3, 0.4) is 0 Å². The van der Waals surface area contributed by atoms with Gasteiger partial charge >= 0.3 is 0 Å². The lowest BCUT2D eigenvalue weighted by Gasteiger charge is -1.91. The van der Waals surface area contributed by atoms with Gasteiger partial charge in [-0.25, -0.2) is 9.79 Å². The standard InChI is InChI=1S/C5H4N2O/c8-3-5-1-6-4-7-2-5/h1,4H,2H2. The van der Waals surface area contributed by atoms with Gasteiger partial charge in [0.15, 0.2) is 0 Å². The molecule has 1 aliphatic rings. The zero-order valence-corrected chi connectivity index (χ0v) is 4.16. The highest BCUT2D eigenvalue weighted by atomic mass is 16.1. The van der Waals surface area contributed by atoms with Gasteiger partial charge in [-0.3, -0.25) is 4.99 Å². The molecular weight excluding hydrogens is 104 g/mol. The van der Waals surface area contributed by atoms with Gasteiger partial charge in [0, 0.05) is 6.21 Å². The second-order valence-electron chi connectivity index (χ2n) is 1.36. The van der Waals surface area contributed by atoms with E-state index in [0.717, 1.165) is 0 Å². The second-order valence-corrected chi connectivity index (χ2v) is 1.36. The van der Waals surface area contributed by atoms with Gasteiger partial charge in [0.05, 0.1) is 12.1 Å². The van der Waals surface area contributed by atoms with Crippen LogP contribution in [0.5, 0.6) is 0 Å². The van der Waals surface area contributed by atoms with E-state index >= 15 is 0 Å².